The highest BCUT2D eigenvalue weighted by atomic mass is 15.3. The predicted octanol–water partition coefficient (Wildman–Crippen LogP) is 2.23. The summed E-state index contributed by atoms with van der Waals surface area (Å²) in [6, 6.07) is 8.61. The first-order valence-corrected chi connectivity index (χ1v) is 8.00. The average Bonchev–Trinajstić information content (AvgIpc) is 3.11. The SMILES string of the molecule is CN(c1ccccn1)C1CCN(c2nccn3nccc23)CC1. The van der Waals surface area contributed by atoms with Crippen LogP contribution in [0.15, 0.2) is 49.1 Å². The Morgan fingerprint density at radius 1 is 1.04 bits per heavy atom. The maximum atomic E-state index is 4.57. The second-order valence-electron chi connectivity index (χ2n) is 5.93. The summed E-state index contributed by atoms with van der Waals surface area (Å²) in [5.74, 6) is 2.07. The van der Waals surface area contributed by atoms with Crippen LogP contribution in [0.5, 0.6) is 0 Å². The third-order valence-electron chi connectivity index (χ3n) is 4.63. The van der Waals surface area contributed by atoms with E-state index in [-0.39, 0.29) is 0 Å². The number of hydrogen-bond donors (Lipinski definition) is 0. The molecule has 1 aliphatic rings. The quantitative estimate of drug-likeness (QED) is 0.742. The fourth-order valence-electron chi connectivity index (χ4n) is 3.30. The number of piperidine rings is 1. The summed E-state index contributed by atoms with van der Waals surface area (Å²) in [6.45, 7) is 2.00. The van der Waals surface area contributed by atoms with Gasteiger partial charge in [0.1, 0.15) is 11.3 Å². The molecule has 0 aliphatic carbocycles. The number of hydrogen-bond acceptors (Lipinski definition) is 5. The van der Waals surface area contributed by atoms with Crippen molar-refractivity contribution in [1.29, 1.82) is 0 Å². The van der Waals surface area contributed by atoms with Crippen molar-refractivity contribution in [2.24, 2.45) is 0 Å². The molecule has 3 aromatic heterocycles. The number of rotatable bonds is 3. The number of pyridine rings is 1. The van der Waals surface area contributed by atoms with E-state index in [0.29, 0.717) is 6.04 Å². The third-order valence-corrected chi connectivity index (χ3v) is 4.63. The molecule has 0 amide bonds. The van der Waals surface area contributed by atoms with Gasteiger partial charge in [0, 0.05) is 44.8 Å². The van der Waals surface area contributed by atoms with E-state index in [1.165, 1.54) is 0 Å². The van der Waals surface area contributed by atoms with Crippen LogP contribution in [-0.4, -0.2) is 45.8 Å². The number of fused-ring (bicyclic) bond motifs is 1. The third kappa shape index (κ3) is 2.60. The Morgan fingerprint density at radius 3 is 2.70 bits per heavy atom. The molecule has 3 aromatic rings. The predicted molar refractivity (Wildman–Crippen MR) is 90.9 cm³/mol. The summed E-state index contributed by atoms with van der Waals surface area (Å²) >= 11 is 0. The summed E-state index contributed by atoms with van der Waals surface area (Å²) in [5, 5.41) is 4.29. The summed E-state index contributed by atoms with van der Waals surface area (Å²) in [5.41, 5.74) is 1.07. The smallest absolute Gasteiger partial charge is 0.154 e. The molecule has 0 spiro atoms. The Bertz CT molecular complexity index is 776. The lowest BCUT2D eigenvalue weighted by Gasteiger charge is -2.37. The first kappa shape index (κ1) is 14.0. The van der Waals surface area contributed by atoms with E-state index in [4.69, 9.17) is 0 Å². The van der Waals surface area contributed by atoms with Crippen LogP contribution >= 0.6 is 0 Å². The van der Waals surface area contributed by atoms with Gasteiger partial charge in [0.05, 0.1) is 6.20 Å². The Kier molecular flexibility index (Phi) is 3.57. The zero-order chi connectivity index (χ0) is 15.6. The molecule has 1 saturated heterocycles. The standard InChI is InChI=1S/C17H20N6/c1-21(16-4-2-3-8-18-16)14-6-11-22(12-7-14)17-15-5-9-20-23(15)13-10-19-17/h2-5,8-10,13-14H,6-7,11-12H2,1H3. The first-order chi connectivity index (χ1) is 11.3. The van der Waals surface area contributed by atoms with E-state index in [0.717, 1.165) is 43.1 Å². The molecule has 0 radical (unpaired) electrons. The normalized spacial score (nSPS) is 16.0. The number of nitrogens with zero attached hydrogens (tertiary/aromatic N) is 6. The molecule has 4 heterocycles. The monoisotopic (exact) mass is 308 g/mol. The van der Waals surface area contributed by atoms with Gasteiger partial charge in [-0.3, -0.25) is 0 Å². The highest BCUT2D eigenvalue weighted by molar-refractivity contribution is 5.68. The maximum absolute atomic E-state index is 4.57. The van der Waals surface area contributed by atoms with Crippen molar-refractivity contribution in [3.05, 3.63) is 49.1 Å². The minimum atomic E-state index is 0.519. The summed E-state index contributed by atoms with van der Waals surface area (Å²) < 4.78 is 1.88. The summed E-state index contributed by atoms with van der Waals surface area (Å²) in [7, 11) is 2.14. The van der Waals surface area contributed by atoms with Gasteiger partial charge in [0.25, 0.3) is 0 Å². The van der Waals surface area contributed by atoms with E-state index >= 15 is 0 Å². The molecular weight excluding hydrogens is 288 g/mol. The molecule has 0 saturated carbocycles. The zero-order valence-corrected chi connectivity index (χ0v) is 13.2. The Morgan fingerprint density at radius 2 is 1.91 bits per heavy atom. The lowest BCUT2D eigenvalue weighted by Crippen LogP contribution is -2.44. The van der Waals surface area contributed by atoms with E-state index < -0.39 is 0 Å². The van der Waals surface area contributed by atoms with Gasteiger partial charge in [-0.1, -0.05) is 6.07 Å². The molecular formula is C17H20N6. The van der Waals surface area contributed by atoms with Crippen LogP contribution in [0.3, 0.4) is 0 Å². The van der Waals surface area contributed by atoms with Gasteiger partial charge in [-0.25, -0.2) is 14.5 Å². The molecule has 0 aromatic carbocycles. The van der Waals surface area contributed by atoms with E-state index in [1.807, 2.05) is 47.5 Å². The molecule has 23 heavy (non-hydrogen) atoms. The minimum Gasteiger partial charge on any atom is -0.357 e. The molecule has 0 atom stereocenters. The molecule has 1 fully saturated rings. The van der Waals surface area contributed by atoms with Crippen molar-refractivity contribution in [3.63, 3.8) is 0 Å². The Labute approximate surface area is 135 Å². The van der Waals surface area contributed by atoms with Crippen molar-refractivity contribution < 1.29 is 0 Å². The van der Waals surface area contributed by atoms with Crippen molar-refractivity contribution >= 4 is 17.2 Å². The molecule has 0 bridgehead atoms. The van der Waals surface area contributed by atoms with E-state index in [1.54, 1.807) is 0 Å². The van der Waals surface area contributed by atoms with Gasteiger partial charge in [-0.15, -0.1) is 0 Å². The number of aromatic nitrogens is 4. The van der Waals surface area contributed by atoms with Crippen LogP contribution in [0.4, 0.5) is 11.6 Å². The maximum Gasteiger partial charge on any atom is 0.154 e. The molecule has 118 valence electrons. The van der Waals surface area contributed by atoms with E-state index in [9.17, 15) is 0 Å². The van der Waals surface area contributed by atoms with Crippen LogP contribution in [-0.2, 0) is 0 Å². The average molecular weight is 308 g/mol. The van der Waals surface area contributed by atoms with Crippen molar-refractivity contribution in [1.82, 2.24) is 19.6 Å². The van der Waals surface area contributed by atoms with Crippen LogP contribution in [0.25, 0.3) is 5.52 Å². The lowest BCUT2D eigenvalue weighted by molar-refractivity contribution is 0.478. The largest absolute Gasteiger partial charge is 0.357 e. The second kappa shape index (κ2) is 5.87. The van der Waals surface area contributed by atoms with Crippen molar-refractivity contribution in [2.45, 2.75) is 18.9 Å². The molecule has 0 unspecified atom stereocenters. The molecule has 4 rings (SSSR count). The highest BCUT2D eigenvalue weighted by Gasteiger charge is 2.25. The molecule has 6 nitrogen and oxygen atoms in total. The second-order valence-corrected chi connectivity index (χ2v) is 5.93. The zero-order valence-electron chi connectivity index (χ0n) is 13.2. The van der Waals surface area contributed by atoms with Gasteiger partial charge in [0.15, 0.2) is 5.82 Å². The lowest BCUT2D eigenvalue weighted by atomic mass is 10.0. The van der Waals surface area contributed by atoms with Gasteiger partial charge in [-0.05, 0) is 31.0 Å². The molecule has 6 heteroatoms. The van der Waals surface area contributed by atoms with Crippen LogP contribution < -0.4 is 9.80 Å². The summed E-state index contributed by atoms with van der Waals surface area (Å²) in [4.78, 5) is 13.7. The first-order valence-electron chi connectivity index (χ1n) is 8.00. The molecule has 0 N–H and O–H groups in total. The Hall–Kier alpha value is -2.63. The van der Waals surface area contributed by atoms with Crippen LogP contribution in [0.2, 0.25) is 0 Å². The van der Waals surface area contributed by atoms with E-state index in [2.05, 4.69) is 38.0 Å². The van der Waals surface area contributed by atoms with Crippen molar-refractivity contribution in [3.8, 4) is 0 Å². The minimum absolute atomic E-state index is 0.519. The summed E-state index contributed by atoms with van der Waals surface area (Å²) in [6.07, 6.45) is 9.59. The topological polar surface area (TPSA) is 49.6 Å². The van der Waals surface area contributed by atoms with Crippen molar-refractivity contribution in [2.75, 3.05) is 29.9 Å². The van der Waals surface area contributed by atoms with Gasteiger partial charge < -0.3 is 9.80 Å². The Balaban J connectivity index is 1.48. The number of anilines is 2. The highest BCUT2D eigenvalue weighted by Crippen LogP contribution is 2.25. The molecule has 1 aliphatic heterocycles. The van der Waals surface area contributed by atoms with Gasteiger partial charge in [0.2, 0.25) is 0 Å². The van der Waals surface area contributed by atoms with Gasteiger partial charge in [-0.2, -0.15) is 5.10 Å². The van der Waals surface area contributed by atoms with Crippen LogP contribution in [0, 0.1) is 0 Å². The fourth-order valence-corrected chi connectivity index (χ4v) is 3.30. The van der Waals surface area contributed by atoms with Gasteiger partial charge >= 0.3 is 0 Å². The van der Waals surface area contributed by atoms with Crippen LogP contribution in [0.1, 0.15) is 12.8 Å². The fraction of sp³-hybridized carbons (Fsp3) is 0.353.